The summed E-state index contributed by atoms with van der Waals surface area (Å²) in [5, 5.41) is 0. The van der Waals surface area contributed by atoms with E-state index >= 15 is 0 Å². The molecule has 0 unspecified atom stereocenters. The summed E-state index contributed by atoms with van der Waals surface area (Å²) in [6.07, 6.45) is 1.93. The molecule has 0 N–H and O–H groups in total. The van der Waals surface area contributed by atoms with Crippen molar-refractivity contribution < 1.29 is 18.1 Å². The van der Waals surface area contributed by atoms with E-state index in [0.717, 1.165) is 12.8 Å². The smallest absolute Gasteiger partial charge is 0.399 e. The Kier molecular flexibility index (Phi) is 3.00. The van der Waals surface area contributed by atoms with E-state index in [4.69, 9.17) is 9.31 Å². The van der Waals surface area contributed by atoms with Gasteiger partial charge in [0.1, 0.15) is 11.6 Å². The molecule has 1 saturated heterocycles. The first-order valence-electron chi connectivity index (χ1n) is 7.06. The fourth-order valence-corrected chi connectivity index (χ4v) is 2.47. The first kappa shape index (κ1) is 14.0. The average molecular weight is 280 g/mol. The Bertz CT molecular complexity index is 537. The minimum Gasteiger partial charge on any atom is -0.399 e. The molecular weight excluding hydrogens is 261 g/mol. The van der Waals surface area contributed by atoms with Gasteiger partial charge in [-0.15, -0.1) is 0 Å². The Morgan fingerprint density at radius 2 is 1.60 bits per heavy atom. The summed E-state index contributed by atoms with van der Waals surface area (Å²) in [4.78, 5) is 0. The van der Waals surface area contributed by atoms with E-state index in [1.807, 2.05) is 27.7 Å². The van der Waals surface area contributed by atoms with Crippen LogP contribution in [0.3, 0.4) is 0 Å². The van der Waals surface area contributed by atoms with Crippen LogP contribution in [0.1, 0.15) is 52.0 Å². The molecule has 5 heteroatoms. The van der Waals surface area contributed by atoms with Crippen LogP contribution in [0.25, 0.3) is 0 Å². The van der Waals surface area contributed by atoms with Gasteiger partial charge in [0.25, 0.3) is 0 Å². The summed E-state index contributed by atoms with van der Waals surface area (Å²) in [6, 6.07) is 2.86. The number of halogens is 2. The van der Waals surface area contributed by atoms with Crippen molar-refractivity contribution in [3.8, 4) is 0 Å². The highest BCUT2D eigenvalue weighted by Gasteiger charge is 2.53. The van der Waals surface area contributed by atoms with Gasteiger partial charge in [0.2, 0.25) is 0 Å². The van der Waals surface area contributed by atoms with Crippen LogP contribution in [0.2, 0.25) is 0 Å². The molecule has 1 aromatic carbocycles. The van der Waals surface area contributed by atoms with Crippen molar-refractivity contribution in [3.05, 3.63) is 29.3 Å². The van der Waals surface area contributed by atoms with Gasteiger partial charge in [0.15, 0.2) is 0 Å². The molecule has 2 aliphatic rings. The average Bonchev–Trinajstić information content (AvgIpc) is 3.08. The van der Waals surface area contributed by atoms with Crippen LogP contribution in [0, 0.1) is 11.6 Å². The summed E-state index contributed by atoms with van der Waals surface area (Å²) < 4.78 is 40.2. The van der Waals surface area contributed by atoms with Crippen molar-refractivity contribution in [2.45, 2.75) is 57.7 Å². The predicted molar refractivity (Wildman–Crippen MR) is 74.0 cm³/mol. The third-order valence-electron chi connectivity index (χ3n) is 4.66. The maximum Gasteiger partial charge on any atom is 0.500 e. The minimum absolute atomic E-state index is 0.0898. The lowest BCUT2D eigenvalue weighted by Crippen LogP contribution is -2.41. The summed E-state index contributed by atoms with van der Waals surface area (Å²) >= 11 is 0. The van der Waals surface area contributed by atoms with Crippen LogP contribution in [0.4, 0.5) is 8.78 Å². The fraction of sp³-hybridized carbons (Fsp3) is 0.600. The molecule has 0 amide bonds. The summed E-state index contributed by atoms with van der Waals surface area (Å²) in [5.41, 5.74) is -0.720. The van der Waals surface area contributed by atoms with Crippen molar-refractivity contribution >= 4 is 12.6 Å². The van der Waals surface area contributed by atoms with E-state index < -0.39 is 30.0 Å². The monoisotopic (exact) mass is 280 g/mol. The molecule has 0 aromatic heterocycles. The van der Waals surface area contributed by atoms with Crippen LogP contribution in [0.15, 0.2) is 12.1 Å². The van der Waals surface area contributed by atoms with E-state index in [1.54, 1.807) is 0 Å². The molecule has 1 aromatic rings. The number of hydrogen-bond acceptors (Lipinski definition) is 2. The second-order valence-corrected chi connectivity index (χ2v) is 6.73. The zero-order valence-corrected chi connectivity index (χ0v) is 12.3. The summed E-state index contributed by atoms with van der Waals surface area (Å²) in [6.45, 7) is 7.47. The number of benzene rings is 1. The van der Waals surface area contributed by atoms with Crippen molar-refractivity contribution in [3.63, 3.8) is 0 Å². The molecule has 0 radical (unpaired) electrons. The largest absolute Gasteiger partial charge is 0.500 e. The molecule has 0 spiro atoms. The zero-order valence-electron chi connectivity index (χ0n) is 12.3. The molecule has 1 heterocycles. The molecule has 1 saturated carbocycles. The van der Waals surface area contributed by atoms with E-state index in [2.05, 4.69) is 0 Å². The topological polar surface area (TPSA) is 18.5 Å². The first-order chi connectivity index (χ1) is 9.23. The summed E-state index contributed by atoms with van der Waals surface area (Å²) in [7, 11) is -0.987. The van der Waals surface area contributed by atoms with Crippen molar-refractivity contribution in [1.29, 1.82) is 0 Å². The van der Waals surface area contributed by atoms with Crippen LogP contribution in [0.5, 0.6) is 0 Å². The Labute approximate surface area is 118 Å². The molecule has 1 aliphatic heterocycles. The Morgan fingerprint density at radius 3 is 2.10 bits per heavy atom. The third kappa shape index (κ3) is 2.08. The SMILES string of the molecule is CC1(C)OB(c2c(F)ccc(C3CC3)c2F)OC1(C)C. The van der Waals surface area contributed by atoms with Gasteiger partial charge in [-0.3, -0.25) is 0 Å². The third-order valence-corrected chi connectivity index (χ3v) is 4.66. The second kappa shape index (κ2) is 4.28. The van der Waals surface area contributed by atoms with Crippen LogP contribution in [-0.2, 0) is 9.31 Å². The van der Waals surface area contributed by atoms with Crippen LogP contribution < -0.4 is 5.46 Å². The highest BCUT2D eigenvalue weighted by Crippen LogP contribution is 2.42. The molecular formula is C15H19BF2O2. The second-order valence-electron chi connectivity index (χ2n) is 6.73. The van der Waals surface area contributed by atoms with Crippen LogP contribution in [-0.4, -0.2) is 18.3 Å². The van der Waals surface area contributed by atoms with E-state index in [-0.39, 0.29) is 11.4 Å². The molecule has 2 nitrogen and oxygen atoms in total. The summed E-state index contributed by atoms with van der Waals surface area (Å²) in [5.74, 6) is -0.895. The maximum absolute atomic E-state index is 14.6. The maximum atomic E-state index is 14.6. The lowest BCUT2D eigenvalue weighted by atomic mass is 9.77. The van der Waals surface area contributed by atoms with E-state index in [9.17, 15) is 8.78 Å². The van der Waals surface area contributed by atoms with Gasteiger partial charge >= 0.3 is 7.12 Å². The Hall–Kier alpha value is -0.935. The minimum atomic E-state index is -0.987. The van der Waals surface area contributed by atoms with Gasteiger partial charge in [0.05, 0.1) is 16.7 Å². The van der Waals surface area contributed by atoms with Gasteiger partial charge in [0, 0.05) is 0 Å². The molecule has 20 heavy (non-hydrogen) atoms. The number of hydrogen-bond donors (Lipinski definition) is 0. The quantitative estimate of drug-likeness (QED) is 0.775. The van der Waals surface area contributed by atoms with Gasteiger partial charge in [-0.05, 0) is 58.1 Å². The van der Waals surface area contributed by atoms with E-state index in [1.165, 1.54) is 12.1 Å². The lowest BCUT2D eigenvalue weighted by Gasteiger charge is -2.32. The van der Waals surface area contributed by atoms with Gasteiger partial charge in [-0.1, -0.05) is 6.07 Å². The van der Waals surface area contributed by atoms with Gasteiger partial charge < -0.3 is 9.31 Å². The molecule has 0 bridgehead atoms. The lowest BCUT2D eigenvalue weighted by molar-refractivity contribution is 0.00578. The predicted octanol–water partition coefficient (Wildman–Crippen LogP) is 3.14. The Balaban J connectivity index is 2.01. The Morgan fingerprint density at radius 1 is 1.05 bits per heavy atom. The van der Waals surface area contributed by atoms with Crippen molar-refractivity contribution in [1.82, 2.24) is 0 Å². The normalized spacial score (nSPS) is 24.2. The molecule has 0 atom stereocenters. The standard InChI is InChI=1S/C15H19BF2O2/c1-14(2)15(3,4)20-16(19-14)12-11(17)8-7-10(13(12)18)9-5-6-9/h7-9H,5-6H2,1-4H3. The first-order valence-corrected chi connectivity index (χ1v) is 7.06. The van der Waals surface area contributed by atoms with Crippen molar-refractivity contribution in [2.75, 3.05) is 0 Å². The highest BCUT2D eigenvalue weighted by molar-refractivity contribution is 6.62. The zero-order chi connectivity index (χ0) is 14.7. The molecule has 1 aliphatic carbocycles. The van der Waals surface area contributed by atoms with Crippen LogP contribution >= 0.6 is 0 Å². The highest BCUT2D eigenvalue weighted by atomic mass is 19.1. The van der Waals surface area contributed by atoms with Gasteiger partial charge in [-0.25, -0.2) is 8.78 Å². The van der Waals surface area contributed by atoms with E-state index in [0.29, 0.717) is 5.56 Å². The van der Waals surface area contributed by atoms with Crippen molar-refractivity contribution in [2.24, 2.45) is 0 Å². The molecule has 3 rings (SSSR count). The molecule has 2 fully saturated rings. The van der Waals surface area contributed by atoms with Gasteiger partial charge in [-0.2, -0.15) is 0 Å². The number of rotatable bonds is 2. The fourth-order valence-electron chi connectivity index (χ4n) is 2.47. The molecule has 108 valence electrons.